The maximum atomic E-state index is 9.56. The van der Waals surface area contributed by atoms with Crippen molar-refractivity contribution in [2.75, 3.05) is 12.3 Å². The first kappa shape index (κ1) is 15.3. The van der Waals surface area contributed by atoms with E-state index in [1.54, 1.807) is 0 Å². The van der Waals surface area contributed by atoms with Crippen LogP contribution in [0, 0.1) is 0 Å². The van der Waals surface area contributed by atoms with E-state index in [2.05, 4.69) is 0 Å². The molecule has 1 unspecified atom stereocenters. The quantitative estimate of drug-likeness (QED) is 0.571. The van der Waals surface area contributed by atoms with Crippen molar-refractivity contribution < 1.29 is 18.1 Å². The van der Waals surface area contributed by atoms with Gasteiger partial charge in [0, 0.05) is 6.54 Å². The summed E-state index contributed by atoms with van der Waals surface area (Å²) in [7, 11) is -3.66. The van der Waals surface area contributed by atoms with Gasteiger partial charge in [0.2, 0.25) is 0 Å². The summed E-state index contributed by atoms with van der Waals surface area (Å²) in [4.78, 5) is 0. The van der Waals surface area contributed by atoms with Crippen molar-refractivity contribution >= 4 is 10.1 Å². The first-order chi connectivity index (χ1) is 5.87. The van der Waals surface area contributed by atoms with Crippen LogP contribution < -0.4 is 5.73 Å². The highest BCUT2D eigenvalue weighted by Gasteiger charge is 1.95. The molecule has 0 bridgehead atoms. The first-order valence-electron chi connectivity index (χ1n) is 4.20. The van der Waals surface area contributed by atoms with E-state index in [0.717, 1.165) is 12.8 Å². The van der Waals surface area contributed by atoms with Gasteiger partial charge >= 0.3 is 0 Å². The molecule has 13 heavy (non-hydrogen) atoms. The number of nitrogens with two attached hydrogens (primary N) is 1. The molecule has 6 heteroatoms. The van der Waals surface area contributed by atoms with E-state index in [9.17, 15) is 8.42 Å². The van der Waals surface area contributed by atoms with Gasteiger partial charge in [0.1, 0.15) is 0 Å². The van der Waals surface area contributed by atoms with E-state index in [0.29, 0.717) is 6.54 Å². The maximum Gasteiger partial charge on any atom is 0.264 e. The van der Waals surface area contributed by atoms with Crippen LogP contribution in [0.15, 0.2) is 0 Å². The predicted molar refractivity (Wildman–Crippen MR) is 52.1 cm³/mol. The molecule has 0 fully saturated rings. The Hall–Kier alpha value is -0.170. The summed E-state index contributed by atoms with van der Waals surface area (Å²) < 4.78 is 26.9. The highest BCUT2D eigenvalue weighted by Crippen LogP contribution is 1.91. The van der Waals surface area contributed by atoms with E-state index < -0.39 is 10.1 Å². The third kappa shape index (κ3) is 18.6. The molecule has 0 aliphatic heterocycles. The van der Waals surface area contributed by atoms with Crippen LogP contribution >= 0.6 is 0 Å². The third-order valence-electron chi connectivity index (χ3n) is 1.26. The van der Waals surface area contributed by atoms with Crippen LogP contribution in [-0.2, 0) is 10.1 Å². The van der Waals surface area contributed by atoms with E-state index in [1.807, 2.05) is 6.92 Å². The SMILES string of the molecule is CCCC(O)CN.CCS(=O)(=O)O. The van der Waals surface area contributed by atoms with Gasteiger partial charge < -0.3 is 10.8 Å². The van der Waals surface area contributed by atoms with Crippen molar-refractivity contribution in [2.45, 2.75) is 32.8 Å². The normalized spacial score (nSPS) is 13.0. The average Bonchev–Trinajstić information content (AvgIpc) is 2.05. The van der Waals surface area contributed by atoms with Crippen molar-refractivity contribution in [2.24, 2.45) is 5.73 Å². The zero-order valence-corrected chi connectivity index (χ0v) is 8.92. The minimum Gasteiger partial charge on any atom is -0.392 e. The van der Waals surface area contributed by atoms with E-state index >= 15 is 0 Å². The molecule has 1 atom stereocenters. The summed E-state index contributed by atoms with van der Waals surface area (Å²) in [5.74, 6) is -0.201. The van der Waals surface area contributed by atoms with Crippen LogP contribution in [0.5, 0.6) is 0 Å². The van der Waals surface area contributed by atoms with Crippen molar-refractivity contribution in [1.29, 1.82) is 0 Å². The summed E-state index contributed by atoms with van der Waals surface area (Å²) in [5.41, 5.74) is 5.11. The van der Waals surface area contributed by atoms with Crippen molar-refractivity contribution in [3.05, 3.63) is 0 Å². The summed E-state index contributed by atoms with van der Waals surface area (Å²) in [6.07, 6.45) is 1.57. The fourth-order valence-electron chi connectivity index (χ4n) is 0.451. The molecule has 0 radical (unpaired) electrons. The van der Waals surface area contributed by atoms with Gasteiger partial charge in [-0.1, -0.05) is 13.3 Å². The molecule has 0 aliphatic carbocycles. The summed E-state index contributed by atoms with van der Waals surface area (Å²) >= 11 is 0. The van der Waals surface area contributed by atoms with Crippen LogP contribution in [0.3, 0.4) is 0 Å². The molecule has 0 heterocycles. The molecule has 0 spiro atoms. The van der Waals surface area contributed by atoms with Crippen molar-refractivity contribution in [1.82, 2.24) is 0 Å². The van der Waals surface area contributed by atoms with E-state index in [4.69, 9.17) is 15.4 Å². The summed E-state index contributed by atoms with van der Waals surface area (Å²) in [6.45, 7) is 3.79. The van der Waals surface area contributed by atoms with Gasteiger partial charge in [-0.25, -0.2) is 0 Å². The highest BCUT2D eigenvalue weighted by atomic mass is 32.2. The second-order valence-electron chi connectivity index (χ2n) is 2.55. The standard InChI is InChI=1S/C5H13NO.C2H6O3S/c1-2-3-5(7)4-6;1-2-6(3,4)5/h5,7H,2-4,6H2,1H3;2H2,1H3,(H,3,4,5). The lowest BCUT2D eigenvalue weighted by atomic mass is 10.2. The number of hydrogen-bond acceptors (Lipinski definition) is 4. The molecular formula is C7H19NO4S. The Labute approximate surface area is 79.7 Å². The molecular weight excluding hydrogens is 194 g/mol. The molecule has 0 aromatic heterocycles. The third-order valence-corrected chi connectivity index (χ3v) is 1.99. The number of rotatable bonds is 4. The summed E-state index contributed by atoms with van der Waals surface area (Å²) in [6, 6.07) is 0. The number of aliphatic hydroxyl groups is 1. The molecule has 0 aliphatic rings. The molecule has 0 amide bonds. The molecule has 0 saturated carbocycles. The summed E-state index contributed by atoms with van der Waals surface area (Å²) in [5, 5.41) is 8.73. The lowest BCUT2D eigenvalue weighted by Gasteiger charge is -2.01. The lowest BCUT2D eigenvalue weighted by molar-refractivity contribution is 0.172. The molecule has 0 aromatic rings. The molecule has 0 rings (SSSR count). The smallest absolute Gasteiger partial charge is 0.264 e. The molecule has 4 N–H and O–H groups in total. The molecule has 0 aromatic carbocycles. The average molecular weight is 213 g/mol. The fraction of sp³-hybridized carbons (Fsp3) is 1.00. The van der Waals surface area contributed by atoms with Crippen LogP contribution in [-0.4, -0.2) is 36.5 Å². The Balaban J connectivity index is 0. The number of aliphatic hydroxyl groups excluding tert-OH is 1. The topological polar surface area (TPSA) is 101 Å². The monoisotopic (exact) mass is 213 g/mol. The Kier molecular flexibility index (Phi) is 9.93. The fourth-order valence-corrected chi connectivity index (χ4v) is 0.451. The minimum atomic E-state index is -3.66. The first-order valence-corrected chi connectivity index (χ1v) is 5.81. The van der Waals surface area contributed by atoms with Gasteiger partial charge in [0.05, 0.1) is 11.9 Å². The maximum absolute atomic E-state index is 9.56. The Morgan fingerprint density at radius 1 is 1.38 bits per heavy atom. The van der Waals surface area contributed by atoms with Crippen molar-refractivity contribution in [3.63, 3.8) is 0 Å². The Morgan fingerprint density at radius 3 is 1.85 bits per heavy atom. The Bertz CT molecular complexity index is 191. The van der Waals surface area contributed by atoms with Gasteiger partial charge in [-0.05, 0) is 13.3 Å². The lowest BCUT2D eigenvalue weighted by Crippen LogP contribution is -2.18. The minimum absolute atomic E-state index is 0.201. The highest BCUT2D eigenvalue weighted by molar-refractivity contribution is 7.85. The second-order valence-corrected chi connectivity index (χ2v) is 4.29. The van der Waals surface area contributed by atoms with Gasteiger partial charge in [0.25, 0.3) is 10.1 Å². The van der Waals surface area contributed by atoms with Gasteiger partial charge in [-0.2, -0.15) is 8.42 Å². The predicted octanol–water partition coefficient (Wildman–Crippen LogP) is 0.000200. The molecule has 0 saturated heterocycles. The van der Waals surface area contributed by atoms with Gasteiger partial charge in [-0.15, -0.1) is 0 Å². The zero-order valence-electron chi connectivity index (χ0n) is 8.10. The van der Waals surface area contributed by atoms with Crippen LogP contribution in [0.25, 0.3) is 0 Å². The van der Waals surface area contributed by atoms with Crippen molar-refractivity contribution in [3.8, 4) is 0 Å². The van der Waals surface area contributed by atoms with Gasteiger partial charge in [0.15, 0.2) is 0 Å². The molecule has 82 valence electrons. The van der Waals surface area contributed by atoms with Gasteiger partial charge in [-0.3, -0.25) is 4.55 Å². The molecule has 5 nitrogen and oxygen atoms in total. The van der Waals surface area contributed by atoms with E-state index in [-0.39, 0.29) is 11.9 Å². The zero-order chi connectivity index (χ0) is 10.9. The number of hydrogen-bond donors (Lipinski definition) is 3. The van der Waals surface area contributed by atoms with Crippen LogP contribution in [0.2, 0.25) is 0 Å². The second kappa shape index (κ2) is 8.43. The largest absolute Gasteiger partial charge is 0.392 e. The van der Waals surface area contributed by atoms with E-state index in [1.165, 1.54) is 6.92 Å². The van der Waals surface area contributed by atoms with Crippen LogP contribution in [0.1, 0.15) is 26.7 Å². The van der Waals surface area contributed by atoms with Crippen LogP contribution in [0.4, 0.5) is 0 Å². The Morgan fingerprint density at radius 2 is 1.77 bits per heavy atom.